The van der Waals surface area contributed by atoms with Gasteiger partial charge in [0.1, 0.15) is 0 Å². The molecule has 4 heteroatoms. The number of allylic oxidation sites excluding steroid dienone is 4. The number of quaternary nitrogens is 1. The Morgan fingerprint density at radius 1 is 0.417 bits per heavy atom. The summed E-state index contributed by atoms with van der Waals surface area (Å²) in [6.45, 7) is 10.8. The summed E-state index contributed by atoms with van der Waals surface area (Å²) in [6.07, 6.45) is 47.8. The highest BCUT2D eigenvalue weighted by Gasteiger charge is 2.40. The van der Waals surface area contributed by atoms with Crippen LogP contribution in [0.25, 0.3) is 0 Å². The standard InChI is InChI=1S/C44H86NO2.ClH/c1-5-7-9-11-13-15-17-19-21-23-25-27-29-31-33-35-37-46-41-43-39-45(3,4)40-44(43)42-47-38-36-34-32-30-28-26-24-22-20-18-16-14-12-10-8-6-2;/h19-22,43-44H,5-18,23-42H2,1-4H3;1H/q+1;/p-1. The molecule has 1 aliphatic heterocycles. The predicted molar refractivity (Wildman–Crippen MR) is 209 cm³/mol. The third-order valence-corrected chi connectivity index (χ3v) is 10.4. The maximum Gasteiger partial charge on any atom is 0.0839 e. The predicted octanol–water partition coefficient (Wildman–Crippen LogP) is 10.4. The molecule has 1 fully saturated rings. The quantitative estimate of drug-likeness (QED) is 0.0369. The van der Waals surface area contributed by atoms with E-state index in [-0.39, 0.29) is 12.4 Å². The minimum Gasteiger partial charge on any atom is -1.00 e. The molecule has 1 rings (SSSR count). The van der Waals surface area contributed by atoms with Gasteiger partial charge in [-0.2, -0.15) is 0 Å². The lowest BCUT2D eigenvalue weighted by atomic mass is 9.98. The fraction of sp³-hybridized carbons (Fsp3) is 0.909. The molecule has 0 radical (unpaired) electrons. The first-order valence-electron chi connectivity index (χ1n) is 21.4. The Balaban J connectivity index is 0.0000221. The van der Waals surface area contributed by atoms with Crippen LogP contribution < -0.4 is 12.4 Å². The van der Waals surface area contributed by atoms with Crippen molar-refractivity contribution in [3.05, 3.63) is 24.3 Å². The third kappa shape index (κ3) is 31.6. The van der Waals surface area contributed by atoms with Crippen molar-refractivity contribution in [1.29, 1.82) is 0 Å². The largest absolute Gasteiger partial charge is 1.00 e. The molecule has 0 spiro atoms. The fourth-order valence-corrected chi connectivity index (χ4v) is 7.39. The van der Waals surface area contributed by atoms with Crippen molar-refractivity contribution >= 4 is 0 Å². The van der Waals surface area contributed by atoms with E-state index in [1.165, 1.54) is 193 Å². The summed E-state index contributed by atoms with van der Waals surface area (Å²) in [5.41, 5.74) is 0. The molecule has 48 heavy (non-hydrogen) atoms. The second-order valence-electron chi connectivity index (χ2n) is 15.8. The average Bonchev–Trinajstić information content (AvgIpc) is 3.36. The Labute approximate surface area is 308 Å². The van der Waals surface area contributed by atoms with Crippen LogP contribution in [0.15, 0.2) is 24.3 Å². The highest BCUT2D eigenvalue weighted by molar-refractivity contribution is 4.82. The average molecular weight is 697 g/mol. The molecule has 0 amide bonds. The molecule has 0 N–H and O–H groups in total. The van der Waals surface area contributed by atoms with Crippen LogP contribution >= 0.6 is 0 Å². The Bertz CT molecular complexity index is 637. The molecule has 0 saturated carbocycles. The number of unbranched alkanes of at least 4 members (excludes halogenated alkanes) is 24. The van der Waals surface area contributed by atoms with E-state index in [2.05, 4.69) is 52.2 Å². The molecule has 1 saturated heterocycles. The van der Waals surface area contributed by atoms with Crippen molar-refractivity contribution in [2.75, 3.05) is 53.6 Å². The second-order valence-corrected chi connectivity index (χ2v) is 15.8. The van der Waals surface area contributed by atoms with Gasteiger partial charge in [0.15, 0.2) is 0 Å². The van der Waals surface area contributed by atoms with Gasteiger partial charge in [0.2, 0.25) is 0 Å². The Kier molecular flexibility index (Phi) is 36.2. The van der Waals surface area contributed by atoms with Crippen LogP contribution in [-0.2, 0) is 9.47 Å². The number of rotatable bonds is 36. The smallest absolute Gasteiger partial charge is 0.0839 e. The van der Waals surface area contributed by atoms with Gasteiger partial charge in [0.25, 0.3) is 0 Å². The van der Waals surface area contributed by atoms with Crippen LogP contribution in [0.4, 0.5) is 0 Å². The molecule has 0 bridgehead atoms. The van der Waals surface area contributed by atoms with Crippen LogP contribution in [0.5, 0.6) is 0 Å². The Hall–Kier alpha value is -0.350. The molecule has 0 aromatic rings. The second kappa shape index (κ2) is 36.4. The molecule has 0 aliphatic carbocycles. The van der Waals surface area contributed by atoms with Crippen molar-refractivity contribution in [2.24, 2.45) is 11.8 Å². The monoisotopic (exact) mass is 696 g/mol. The third-order valence-electron chi connectivity index (χ3n) is 10.4. The van der Waals surface area contributed by atoms with Crippen molar-refractivity contribution < 1.29 is 26.4 Å². The number of likely N-dealkylation sites (tertiary alicyclic amines) is 1. The van der Waals surface area contributed by atoms with Gasteiger partial charge < -0.3 is 26.4 Å². The molecule has 2 atom stereocenters. The molecule has 286 valence electrons. The molecular weight excluding hydrogens is 610 g/mol. The minimum atomic E-state index is 0. The lowest BCUT2D eigenvalue weighted by Gasteiger charge is -2.23. The van der Waals surface area contributed by atoms with Crippen molar-refractivity contribution in [3.63, 3.8) is 0 Å². The number of nitrogens with zero attached hydrogens (tertiary/aromatic N) is 1. The van der Waals surface area contributed by atoms with Gasteiger partial charge >= 0.3 is 0 Å². The zero-order chi connectivity index (χ0) is 33.9. The Morgan fingerprint density at radius 2 is 0.688 bits per heavy atom. The lowest BCUT2D eigenvalue weighted by Crippen LogP contribution is -3.00. The highest BCUT2D eigenvalue weighted by Crippen LogP contribution is 2.28. The van der Waals surface area contributed by atoms with Crippen LogP contribution in [-0.4, -0.2) is 58.1 Å². The molecule has 0 aromatic carbocycles. The minimum absolute atomic E-state index is 0. The zero-order valence-electron chi connectivity index (χ0n) is 33.1. The summed E-state index contributed by atoms with van der Waals surface area (Å²) in [5.74, 6) is 1.30. The first-order valence-corrected chi connectivity index (χ1v) is 21.4. The summed E-state index contributed by atoms with van der Waals surface area (Å²) < 4.78 is 13.6. The molecular formula is C44H86ClNO2. The first kappa shape index (κ1) is 47.7. The van der Waals surface area contributed by atoms with Gasteiger partial charge in [-0.05, 0) is 64.2 Å². The maximum atomic E-state index is 6.22. The maximum absolute atomic E-state index is 6.22. The van der Waals surface area contributed by atoms with Gasteiger partial charge in [0.05, 0.1) is 40.4 Å². The number of halogens is 1. The highest BCUT2D eigenvalue weighted by atomic mass is 35.5. The number of hydrogen-bond acceptors (Lipinski definition) is 2. The normalized spacial score (nSPS) is 17.6. The summed E-state index contributed by atoms with van der Waals surface area (Å²) in [6, 6.07) is 0. The van der Waals surface area contributed by atoms with Gasteiger partial charge in [0, 0.05) is 25.0 Å². The summed E-state index contributed by atoms with van der Waals surface area (Å²) >= 11 is 0. The van der Waals surface area contributed by atoms with E-state index >= 15 is 0 Å². The van der Waals surface area contributed by atoms with Gasteiger partial charge in [-0.15, -0.1) is 0 Å². The fourth-order valence-electron chi connectivity index (χ4n) is 7.39. The summed E-state index contributed by atoms with van der Waals surface area (Å²) in [5, 5.41) is 0. The topological polar surface area (TPSA) is 18.5 Å². The Morgan fingerprint density at radius 3 is 1.00 bits per heavy atom. The lowest BCUT2D eigenvalue weighted by molar-refractivity contribution is -0.880. The van der Waals surface area contributed by atoms with Crippen molar-refractivity contribution in [2.45, 2.75) is 194 Å². The number of hydrogen-bond donors (Lipinski definition) is 0. The summed E-state index contributed by atoms with van der Waals surface area (Å²) in [4.78, 5) is 0. The van der Waals surface area contributed by atoms with E-state index < -0.39 is 0 Å². The van der Waals surface area contributed by atoms with Crippen LogP contribution in [0.1, 0.15) is 194 Å². The van der Waals surface area contributed by atoms with E-state index in [1.807, 2.05) is 0 Å². The molecule has 2 unspecified atom stereocenters. The van der Waals surface area contributed by atoms with Crippen LogP contribution in [0.3, 0.4) is 0 Å². The van der Waals surface area contributed by atoms with Crippen molar-refractivity contribution in [3.8, 4) is 0 Å². The SMILES string of the molecule is CCCCCCCCC=CCCCCCCCCOCC1C[N+](C)(C)CC1COCCCCCCCCC=CCCCCCCCC.[Cl-]. The molecule has 1 heterocycles. The van der Waals surface area contributed by atoms with Crippen molar-refractivity contribution in [1.82, 2.24) is 0 Å². The van der Waals surface area contributed by atoms with E-state index in [0.29, 0.717) is 11.8 Å². The molecule has 1 aliphatic rings. The zero-order valence-corrected chi connectivity index (χ0v) is 33.9. The van der Waals surface area contributed by atoms with Gasteiger partial charge in [-0.1, -0.05) is 154 Å². The van der Waals surface area contributed by atoms with E-state index in [9.17, 15) is 0 Å². The number of ether oxygens (including phenoxy) is 2. The van der Waals surface area contributed by atoms with Gasteiger partial charge in [-0.25, -0.2) is 0 Å². The summed E-state index contributed by atoms with van der Waals surface area (Å²) in [7, 11) is 4.76. The first-order chi connectivity index (χ1) is 23.1. The van der Waals surface area contributed by atoms with Crippen LogP contribution in [0.2, 0.25) is 0 Å². The molecule has 0 aromatic heterocycles. The van der Waals surface area contributed by atoms with Crippen LogP contribution in [0, 0.1) is 11.8 Å². The molecule has 3 nitrogen and oxygen atoms in total. The van der Waals surface area contributed by atoms with E-state index in [4.69, 9.17) is 9.47 Å². The van der Waals surface area contributed by atoms with Gasteiger partial charge in [-0.3, -0.25) is 0 Å². The van der Waals surface area contributed by atoms with E-state index in [0.717, 1.165) is 30.9 Å². The van der Waals surface area contributed by atoms with E-state index in [1.54, 1.807) is 0 Å².